The highest BCUT2D eigenvalue weighted by Crippen LogP contribution is 2.40. The number of fused-ring (bicyclic) bond motifs is 5. The summed E-state index contributed by atoms with van der Waals surface area (Å²) in [4.78, 5) is 97.9. The smallest absolute Gasteiger partial charge is 0.438 e. The Labute approximate surface area is 428 Å². The first kappa shape index (κ1) is 55.1. The second kappa shape index (κ2) is 24.0. The molecule has 0 saturated carbocycles. The van der Waals surface area contributed by atoms with Crippen molar-refractivity contribution in [3.8, 4) is 33.8 Å². The van der Waals surface area contributed by atoms with E-state index in [1.165, 1.54) is 14.0 Å². The zero-order valence-electron chi connectivity index (χ0n) is 43.0. The summed E-state index contributed by atoms with van der Waals surface area (Å²) in [6, 6.07) is 19.7. The molecular formula is C53H65N9O12. The topological polar surface area (TPSA) is 288 Å². The summed E-state index contributed by atoms with van der Waals surface area (Å²) >= 11 is 0. The molecule has 6 amide bonds. The van der Waals surface area contributed by atoms with Crippen LogP contribution in [0.1, 0.15) is 93.4 Å². The number of hydrogen-bond donors (Lipinski definition) is 7. The van der Waals surface area contributed by atoms with E-state index in [-0.39, 0.29) is 67.7 Å². The summed E-state index contributed by atoms with van der Waals surface area (Å²) in [5.74, 6) is -3.10. The number of nitrogens with one attached hydrogen (secondary N) is 6. The Kier molecular flexibility index (Phi) is 17.9. The first-order valence-electron chi connectivity index (χ1n) is 24.1. The van der Waals surface area contributed by atoms with Crippen LogP contribution in [0.5, 0.6) is 11.5 Å². The van der Waals surface area contributed by atoms with Gasteiger partial charge in [0.05, 0.1) is 19.1 Å². The number of aryl methyl sites for hydroxylation is 1. The Morgan fingerprint density at radius 3 is 1.86 bits per heavy atom. The number of benzene rings is 4. The van der Waals surface area contributed by atoms with Crippen LogP contribution in [0.2, 0.25) is 0 Å². The van der Waals surface area contributed by atoms with Gasteiger partial charge < -0.3 is 56.2 Å². The molecule has 1 aliphatic rings. The third-order valence-electron chi connectivity index (χ3n) is 11.4. The number of hydrogen-bond acceptors (Lipinski definition) is 14. The molecule has 2 heterocycles. The average Bonchev–Trinajstić information content (AvgIpc) is 3.78. The normalized spacial score (nSPS) is 16.3. The third kappa shape index (κ3) is 15.2. The minimum absolute atomic E-state index is 0.00661. The number of carbonyl (C=O) groups is 6. The maximum Gasteiger partial charge on any atom is 0.438 e. The number of likely N-dealkylation sites (N-methyl/N-ethyl adjacent to an activating group) is 1. The van der Waals surface area contributed by atoms with E-state index < -0.39 is 76.9 Å². The highest BCUT2D eigenvalue weighted by atomic mass is 16.6. The zero-order chi connectivity index (χ0) is 53.9. The van der Waals surface area contributed by atoms with E-state index in [0.29, 0.717) is 16.7 Å². The van der Waals surface area contributed by atoms with Crippen molar-refractivity contribution in [3.63, 3.8) is 0 Å². The van der Waals surface area contributed by atoms with Crippen LogP contribution in [0, 0.1) is 6.92 Å². The Bertz CT molecular complexity index is 2870. The molecule has 21 heteroatoms. The van der Waals surface area contributed by atoms with Crippen molar-refractivity contribution in [2.24, 2.45) is 5.73 Å². The first-order valence-corrected chi connectivity index (χ1v) is 24.1. The van der Waals surface area contributed by atoms with Crippen molar-refractivity contribution in [2.75, 3.05) is 39.9 Å². The van der Waals surface area contributed by atoms with E-state index in [0.717, 1.165) is 21.6 Å². The monoisotopic (exact) mass is 1020 g/mol. The Morgan fingerprint density at radius 1 is 0.770 bits per heavy atom. The van der Waals surface area contributed by atoms with Gasteiger partial charge in [0.2, 0.25) is 17.7 Å². The molecule has 0 spiro atoms. The third-order valence-corrected chi connectivity index (χ3v) is 11.4. The molecule has 0 saturated heterocycles. The second-order valence-electron chi connectivity index (χ2n) is 19.7. The molecule has 4 aromatic carbocycles. The molecule has 8 N–H and O–H groups in total. The molecule has 4 bridgehead atoms. The molecule has 1 aliphatic heterocycles. The van der Waals surface area contributed by atoms with Gasteiger partial charge in [-0.25, -0.2) is 14.4 Å². The van der Waals surface area contributed by atoms with Gasteiger partial charge in [-0.3, -0.25) is 28.7 Å². The first-order chi connectivity index (χ1) is 35.0. The van der Waals surface area contributed by atoms with Crippen molar-refractivity contribution >= 4 is 35.8 Å². The van der Waals surface area contributed by atoms with Gasteiger partial charge in [0.1, 0.15) is 54.0 Å². The minimum atomic E-state index is -1.48. The number of alkyl carbamates (subject to hydrolysis) is 2. The standard InChI is InChI=1S/C53H65N9O12/c1-30-10-13-33(14-11-30)34-15-17-35(18-16-34)46(64)59-40(29-54)48(66)62(9)43-36-19-21-42(71-25-23-56-50(68)73-53(6,7)8)38(28-36)37-26-32(12-20-41(37)70-24-22-55-49(67)72-52(3,4)5)27-39(44-60-51(69)74-61-44)58-45(63)31(2)57-47(43)65/h10-21,26,28,31,39-40,43H,22-25,27,29,54H2,1-9H3,(H,55,67)(H,56,68)(H,57,65)(H,58,63)(H,59,64)(H,60,61,69)/t31-,39-,40-,43-/m0/s1. The fourth-order valence-corrected chi connectivity index (χ4v) is 7.80. The number of ether oxygens (including phenoxy) is 4. The Balaban J connectivity index is 1.40. The van der Waals surface area contributed by atoms with Crippen LogP contribution in [-0.2, 0) is 30.3 Å². The Morgan fingerprint density at radius 2 is 1.32 bits per heavy atom. The van der Waals surface area contributed by atoms with Crippen LogP contribution in [0.3, 0.4) is 0 Å². The molecule has 6 rings (SSSR count). The van der Waals surface area contributed by atoms with Gasteiger partial charge in [-0.1, -0.05) is 59.3 Å². The number of carbonyl (C=O) groups excluding carboxylic acids is 6. The summed E-state index contributed by atoms with van der Waals surface area (Å²) < 4.78 is 28.2. The van der Waals surface area contributed by atoms with Gasteiger partial charge in [-0.15, -0.1) is 0 Å². The lowest BCUT2D eigenvalue weighted by Gasteiger charge is -2.32. The van der Waals surface area contributed by atoms with Gasteiger partial charge in [-0.05, 0) is 114 Å². The predicted molar refractivity (Wildman–Crippen MR) is 273 cm³/mol. The van der Waals surface area contributed by atoms with Gasteiger partial charge in [-0.2, -0.15) is 0 Å². The van der Waals surface area contributed by atoms with Crippen molar-refractivity contribution in [2.45, 2.75) is 97.2 Å². The summed E-state index contributed by atoms with van der Waals surface area (Å²) in [6.45, 7) is 13.5. The summed E-state index contributed by atoms with van der Waals surface area (Å²) in [5.41, 5.74) is 9.49. The van der Waals surface area contributed by atoms with E-state index in [9.17, 15) is 33.6 Å². The van der Waals surface area contributed by atoms with Gasteiger partial charge >= 0.3 is 17.9 Å². The number of rotatable bonds is 15. The summed E-state index contributed by atoms with van der Waals surface area (Å²) in [6.07, 6.45) is -1.27. The molecule has 0 fully saturated rings. The van der Waals surface area contributed by atoms with Crippen LogP contribution in [-0.4, -0.2) is 114 Å². The van der Waals surface area contributed by atoms with Crippen LogP contribution in [0.25, 0.3) is 22.3 Å². The molecule has 0 aliphatic carbocycles. The van der Waals surface area contributed by atoms with Gasteiger partial charge in [0, 0.05) is 36.7 Å². The second-order valence-corrected chi connectivity index (χ2v) is 19.7. The van der Waals surface area contributed by atoms with Crippen molar-refractivity contribution < 1.29 is 52.2 Å². The molecule has 0 unspecified atom stereocenters. The molecule has 1 aromatic heterocycles. The zero-order valence-corrected chi connectivity index (χ0v) is 43.0. The number of nitrogens with zero attached hydrogens (tertiary/aromatic N) is 2. The summed E-state index contributed by atoms with van der Waals surface area (Å²) in [7, 11) is 1.38. The quantitative estimate of drug-likeness (QED) is 0.0681. The molecule has 4 atom stereocenters. The summed E-state index contributed by atoms with van der Waals surface area (Å²) in [5, 5.41) is 17.5. The van der Waals surface area contributed by atoms with E-state index in [4.69, 9.17) is 29.2 Å². The molecule has 74 heavy (non-hydrogen) atoms. The van der Waals surface area contributed by atoms with E-state index in [1.54, 1.807) is 102 Å². The number of aromatic nitrogens is 2. The van der Waals surface area contributed by atoms with Crippen molar-refractivity contribution in [3.05, 3.63) is 124 Å². The molecule has 0 radical (unpaired) electrons. The number of amides is 6. The molecule has 21 nitrogen and oxygen atoms in total. The number of nitrogens with two attached hydrogens (primary N) is 1. The Hall–Kier alpha value is -8.20. The highest BCUT2D eigenvalue weighted by Gasteiger charge is 2.36. The van der Waals surface area contributed by atoms with Crippen molar-refractivity contribution in [1.29, 1.82) is 0 Å². The highest BCUT2D eigenvalue weighted by molar-refractivity contribution is 5.99. The van der Waals surface area contributed by atoms with Crippen LogP contribution in [0.15, 0.2) is 94.2 Å². The molecule has 394 valence electrons. The maximum absolute atomic E-state index is 14.8. The largest absolute Gasteiger partial charge is 0.491 e. The van der Waals surface area contributed by atoms with Crippen LogP contribution in [0.4, 0.5) is 9.59 Å². The number of aromatic amines is 1. The van der Waals surface area contributed by atoms with E-state index in [2.05, 4.69) is 36.7 Å². The maximum atomic E-state index is 14.8. The van der Waals surface area contributed by atoms with E-state index in [1.807, 2.05) is 31.2 Å². The molecular weight excluding hydrogens is 955 g/mol. The van der Waals surface area contributed by atoms with Crippen LogP contribution >= 0.6 is 0 Å². The lowest BCUT2D eigenvalue weighted by atomic mass is 9.93. The predicted octanol–water partition coefficient (Wildman–Crippen LogP) is 4.99. The average molecular weight is 1020 g/mol. The van der Waals surface area contributed by atoms with E-state index >= 15 is 0 Å². The van der Waals surface area contributed by atoms with Crippen molar-refractivity contribution in [1.82, 2.24) is 41.6 Å². The van der Waals surface area contributed by atoms with Gasteiger partial charge in [0.25, 0.3) is 5.91 Å². The van der Waals surface area contributed by atoms with Crippen LogP contribution < -0.4 is 47.5 Å². The number of H-pyrrole nitrogens is 1. The lowest BCUT2D eigenvalue weighted by Crippen LogP contribution is -2.55. The van der Waals surface area contributed by atoms with Gasteiger partial charge in [0.15, 0.2) is 5.82 Å². The fraction of sp³-hybridized carbons (Fsp3) is 0.396. The molecule has 5 aromatic rings. The SMILES string of the molecule is Cc1ccc(-c2ccc(C(=O)N[C@@H](CN)C(=O)N(C)[C@@H]3C(=O)N[C@@H](C)C(=O)N[C@H](c4noc(=O)[nH]4)Cc4ccc(OCCNC(=O)OC(C)(C)C)c(c4)-c4cc3ccc4OCCNC(=O)OC(C)(C)C)cc2)cc1. The fourth-order valence-electron chi connectivity index (χ4n) is 7.80. The lowest BCUT2D eigenvalue weighted by molar-refractivity contribution is -0.141. The minimum Gasteiger partial charge on any atom is -0.491 e.